The molecule has 0 spiro atoms. The van der Waals surface area contributed by atoms with Crippen molar-refractivity contribution in [1.82, 2.24) is 10.7 Å². The van der Waals surface area contributed by atoms with E-state index in [-0.39, 0.29) is 22.8 Å². The molecule has 0 heterocycles. The Labute approximate surface area is 157 Å². The highest BCUT2D eigenvalue weighted by molar-refractivity contribution is 6.36. The van der Waals surface area contributed by atoms with Crippen LogP contribution in [0.3, 0.4) is 0 Å². The molecule has 0 radical (unpaired) electrons. The number of rotatable bonds is 6. The molecule has 0 bridgehead atoms. The van der Waals surface area contributed by atoms with Crippen LogP contribution >= 0.6 is 23.2 Å². The first kappa shape index (κ1) is 19.4. The van der Waals surface area contributed by atoms with Crippen molar-refractivity contribution >= 4 is 46.9 Å². The van der Waals surface area contributed by atoms with Crippen molar-refractivity contribution in [2.75, 3.05) is 6.54 Å². The van der Waals surface area contributed by atoms with Crippen LogP contribution < -0.4 is 10.7 Å². The number of carbonyl (C=O) groups excluding carboxylic acids is 2. The SMILES string of the molecule is O=C(CNC(=O)c1ccc(Cl)cc1Cl)N/N=C\c1ccc([N+](=O)[O-])cc1. The largest absolute Gasteiger partial charge is 0.343 e. The Morgan fingerprint density at radius 2 is 1.85 bits per heavy atom. The number of nitro groups is 1. The van der Waals surface area contributed by atoms with E-state index in [2.05, 4.69) is 15.8 Å². The molecule has 0 aromatic heterocycles. The summed E-state index contributed by atoms with van der Waals surface area (Å²) in [5.74, 6) is -1.08. The number of halogens is 2. The van der Waals surface area contributed by atoms with Crippen LogP contribution in [-0.2, 0) is 4.79 Å². The lowest BCUT2D eigenvalue weighted by Crippen LogP contribution is -2.35. The molecule has 134 valence electrons. The fourth-order valence-electron chi connectivity index (χ4n) is 1.83. The molecule has 10 heteroatoms. The van der Waals surface area contributed by atoms with Gasteiger partial charge in [0.2, 0.25) is 0 Å². The fraction of sp³-hybridized carbons (Fsp3) is 0.0625. The molecule has 2 rings (SSSR count). The first-order valence-corrected chi connectivity index (χ1v) is 7.92. The van der Waals surface area contributed by atoms with Crippen LogP contribution in [0.5, 0.6) is 0 Å². The zero-order valence-electron chi connectivity index (χ0n) is 13.1. The highest BCUT2D eigenvalue weighted by atomic mass is 35.5. The molecule has 0 aliphatic rings. The van der Waals surface area contributed by atoms with Gasteiger partial charge in [-0.1, -0.05) is 23.2 Å². The van der Waals surface area contributed by atoms with Gasteiger partial charge >= 0.3 is 0 Å². The van der Waals surface area contributed by atoms with Crippen LogP contribution in [0.15, 0.2) is 47.6 Å². The van der Waals surface area contributed by atoms with Gasteiger partial charge in [0.1, 0.15) is 0 Å². The Kier molecular flexibility index (Phi) is 6.65. The lowest BCUT2D eigenvalue weighted by Gasteiger charge is -2.06. The number of hydrazone groups is 1. The average Bonchev–Trinajstić information content (AvgIpc) is 2.60. The monoisotopic (exact) mass is 394 g/mol. The number of amides is 2. The van der Waals surface area contributed by atoms with Crippen molar-refractivity contribution in [2.24, 2.45) is 5.10 Å². The van der Waals surface area contributed by atoms with Crippen LogP contribution in [0.2, 0.25) is 10.0 Å². The average molecular weight is 395 g/mol. The number of nitrogens with one attached hydrogen (secondary N) is 2. The molecule has 0 saturated carbocycles. The van der Waals surface area contributed by atoms with E-state index in [1.54, 1.807) is 0 Å². The summed E-state index contributed by atoms with van der Waals surface area (Å²) < 4.78 is 0. The Morgan fingerprint density at radius 3 is 2.46 bits per heavy atom. The summed E-state index contributed by atoms with van der Waals surface area (Å²) in [6.45, 7) is -0.310. The second-order valence-corrected chi connectivity index (χ2v) is 5.79. The smallest absolute Gasteiger partial charge is 0.269 e. The van der Waals surface area contributed by atoms with E-state index in [4.69, 9.17) is 23.2 Å². The standard InChI is InChI=1S/C16H12Cl2N4O4/c17-11-3-6-13(14(18)7-11)16(24)19-9-15(23)21-20-8-10-1-4-12(5-2-10)22(25)26/h1-8H,9H2,(H,19,24)(H,21,23)/b20-8-. The molecule has 2 N–H and O–H groups in total. The minimum Gasteiger partial charge on any atom is -0.343 e. The number of hydrogen-bond donors (Lipinski definition) is 2. The molecule has 2 aromatic carbocycles. The van der Waals surface area contributed by atoms with Gasteiger partial charge in [-0.05, 0) is 35.9 Å². The van der Waals surface area contributed by atoms with Crippen LogP contribution in [0, 0.1) is 10.1 Å². The first-order valence-electron chi connectivity index (χ1n) is 7.16. The molecule has 0 aliphatic heterocycles. The molecular weight excluding hydrogens is 383 g/mol. The van der Waals surface area contributed by atoms with Crippen LogP contribution in [0.4, 0.5) is 5.69 Å². The quantitative estimate of drug-likeness (QED) is 0.445. The molecule has 0 unspecified atom stereocenters. The second-order valence-electron chi connectivity index (χ2n) is 4.95. The van der Waals surface area contributed by atoms with E-state index in [0.717, 1.165) is 0 Å². The summed E-state index contributed by atoms with van der Waals surface area (Å²) in [5.41, 5.74) is 2.94. The Balaban J connectivity index is 1.83. The normalized spacial score (nSPS) is 10.5. The van der Waals surface area contributed by atoms with Gasteiger partial charge in [0.25, 0.3) is 17.5 Å². The maximum atomic E-state index is 12.0. The maximum Gasteiger partial charge on any atom is 0.269 e. The number of benzene rings is 2. The molecule has 2 aromatic rings. The molecule has 0 fully saturated rings. The Morgan fingerprint density at radius 1 is 1.15 bits per heavy atom. The van der Waals surface area contributed by atoms with Gasteiger partial charge in [-0.3, -0.25) is 19.7 Å². The predicted molar refractivity (Wildman–Crippen MR) is 97.6 cm³/mol. The van der Waals surface area contributed by atoms with Crippen molar-refractivity contribution in [2.45, 2.75) is 0 Å². The molecule has 8 nitrogen and oxygen atoms in total. The number of hydrogen-bond acceptors (Lipinski definition) is 5. The Bertz CT molecular complexity index is 869. The van der Waals surface area contributed by atoms with Gasteiger partial charge in [0.15, 0.2) is 0 Å². The minimum atomic E-state index is -0.554. The third-order valence-electron chi connectivity index (χ3n) is 3.09. The highest BCUT2D eigenvalue weighted by Crippen LogP contribution is 2.20. The van der Waals surface area contributed by atoms with Gasteiger partial charge in [0.05, 0.1) is 28.3 Å². The van der Waals surface area contributed by atoms with E-state index in [1.807, 2.05) is 0 Å². The van der Waals surface area contributed by atoms with E-state index in [1.165, 1.54) is 48.7 Å². The lowest BCUT2D eigenvalue weighted by atomic mass is 10.2. The Hall–Kier alpha value is -2.97. The molecule has 0 aliphatic carbocycles. The maximum absolute atomic E-state index is 12.0. The topological polar surface area (TPSA) is 114 Å². The number of nitrogens with zero attached hydrogens (tertiary/aromatic N) is 2. The van der Waals surface area contributed by atoms with E-state index in [0.29, 0.717) is 10.6 Å². The van der Waals surface area contributed by atoms with Crippen molar-refractivity contribution in [1.29, 1.82) is 0 Å². The summed E-state index contributed by atoms with van der Waals surface area (Å²) in [6, 6.07) is 9.99. The van der Waals surface area contributed by atoms with Crippen molar-refractivity contribution in [3.05, 3.63) is 73.8 Å². The number of nitro benzene ring substituents is 1. The van der Waals surface area contributed by atoms with Crippen LogP contribution in [0.1, 0.15) is 15.9 Å². The van der Waals surface area contributed by atoms with Crippen LogP contribution in [-0.4, -0.2) is 29.5 Å². The zero-order chi connectivity index (χ0) is 19.1. The molecule has 0 saturated heterocycles. The fourth-order valence-corrected chi connectivity index (χ4v) is 2.32. The lowest BCUT2D eigenvalue weighted by molar-refractivity contribution is -0.384. The van der Waals surface area contributed by atoms with E-state index < -0.39 is 16.7 Å². The van der Waals surface area contributed by atoms with Crippen LogP contribution in [0.25, 0.3) is 0 Å². The van der Waals surface area contributed by atoms with Crippen molar-refractivity contribution < 1.29 is 14.5 Å². The third-order valence-corrected chi connectivity index (χ3v) is 3.64. The molecule has 0 atom stereocenters. The first-order chi connectivity index (χ1) is 12.4. The third kappa shape index (κ3) is 5.54. The molecule has 26 heavy (non-hydrogen) atoms. The number of non-ortho nitro benzene ring substituents is 1. The van der Waals surface area contributed by atoms with Gasteiger partial charge < -0.3 is 5.32 Å². The molecular formula is C16H12Cl2N4O4. The summed E-state index contributed by atoms with van der Waals surface area (Å²) in [7, 11) is 0. The van der Waals surface area contributed by atoms with Gasteiger partial charge in [-0.2, -0.15) is 5.10 Å². The van der Waals surface area contributed by atoms with Crippen molar-refractivity contribution in [3.8, 4) is 0 Å². The number of carbonyl (C=O) groups is 2. The summed E-state index contributed by atoms with van der Waals surface area (Å²) >= 11 is 11.7. The van der Waals surface area contributed by atoms with Gasteiger partial charge in [-0.25, -0.2) is 5.43 Å². The second kappa shape index (κ2) is 8.93. The summed E-state index contributed by atoms with van der Waals surface area (Å²) in [5, 5.41) is 17.2. The van der Waals surface area contributed by atoms with Gasteiger partial charge in [-0.15, -0.1) is 0 Å². The van der Waals surface area contributed by atoms with Crippen molar-refractivity contribution in [3.63, 3.8) is 0 Å². The zero-order valence-corrected chi connectivity index (χ0v) is 14.6. The van der Waals surface area contributed by atoms with E-state index in [9.17, 15) is 19.7 Å². The van der Waals surface area contributed by atoms with Gasteiger partial charge in [0, 0.05) is 17.2 Å². The van der Waals surface area contributed by atoms with E-state index >= 15 is 0 Å². The summed E-state index contributed by atoms with van der Waals surface area (Å²) in [6.07, 6.45) is 1.32. The molecule has 2 amide bonds. The minimum absolute atomic E-state index is 0.0465. The highest BCUT2D eigenvalue weighted by Gasteiger charge is 2.11. The summed E-state index contributed by atoms with van der Waals surface area (Å²) in [4.78, 5) is 33.7. The predicted octanol–water partition coefficient (Wildman–Crippen LogP) is 2.78.